The van der Waals surface area contributed by atoms with E-state index in [9.17, 15) is 13.6 Å². The molecule has 15 heavy (non-hydrogen) atoms. The van der Waals surface area contributed by atoms with Gasteiger partial charge in [-0.2, -0.15) is 0 Å². The number of aromatic hydroxyl groups is 1. The van der Waals surface area contributed by atoms with Crippen LogP contribution in [0.1, 0.15) is 10.4 Å². The Kier molecular flexibility index (Phi) is 3.60. The fourth-order valence-corrected chi connectivity index (χ4v) is 1.24. The molecule has 82 valence electrons. The minimum absolute atomic E-state index is 0.213. The van der Waals surface area contributed by atoms with Crippen LogP contribution in [-0.4, -0.2) is 24.5 Å². The summed E-state index contributed by atoms with van der Waals surface area (Å²) >= 11 is 5.33. The van der Waals surface area contributed by atoms with Crippen LogP contribution in [0.2, 0.25) is 5.02 Å². The molecule has 0 atom stereocenters. The first-order valence-electron chi connectivity index (χ1n) is 4.03. The number of ketones is 1. The van der Waals surface area contributed by atoms with Gasteiger partial charge in [0.05, 0.1) is 12.1 Å². The SMILES string of the molecule is CNCC(=O)c1c(F)cc(O)c(Cl)c1F. The predicted octanol–water partition coefficient (Wildman–Crippen LogP) is 1.73. The zero-order valence-corrected chi connectivity index (χ0v) is 8.53. The van der Waals surface area contributed by atoms with Crippen LogP contribution in [0.15, 0.2) is 6.07 Å². The van der Waals surface area contributed by atoms with E-state index in [-0.39, 0.29) is 6.54 Å². The third-order valence-corrected chi connectivity index (χ3v) is 2.12. The highest BCUT2D eigenvalue weighted by molar-refractivity contribution is 6.32. The zero-order chi connectivity index (χ0) is 11.6. The molecule has 0 saturated heterocycles. The van der Waals surface area contributed by atoms with Crippen LogP contribution in [0.4, 0.5) is 8.78 Å². The molecule has 2 N–H and O–H groups in total. The van der Waals surface area contributed by atoms with E-state index in [1.807, 2.05) is 0 Å². The van der Waals surface area contributed by atoms with Gasteiger partial charge in [0.25, 0.3) is 0 Å². The second kappa shape index (κ2) is 4.55. The molecule has 0 aliphatic rings. The van der Waals surface area contributed by atoms with Crippen molar-refractivity contribution >= 4 is 17.4 Å². The van der Waals surface area contributed by atoms with Gasteiger partial charge in [0.15, 0.2) is 11.6 Å². The van der Waals surface area contributed by atoms with Crippen LogP contribution in [0.3, 0.4) is 0 Å². The lowest BCUT2D eigenvalue weighted by Crippen LogP contribution is -2.21. The molecule has 3 nitrogen and oxygen atoms in total. The minimum atomic E-state index is -1.24. The Morgan fingerprint density at radius 2 is 2.20 bits per heavy atom. The zero-order valence-electron chi connectivity index (χ0n) is 7.77. The third-order valence-electron chi connectivity index (χ3n) is 1.76. The van der Waals surface area contributed by atoms with Crippen LogP contribution >= 0.6 is 11.6 Å². The molecule has 0 aromatic heterocycles. The van der Waals surface area contributed by atoms with Crippen molar-refractivity contribution in [3.05, 3.63) is 28.3 Å². The Bertz CT molecular complexity index is 410. The van der Waals surface area contributed by atoms with Crippen molar-refractivity contribution in [3.63, 3.8) is 0 Å². The first kappa shape index (κ1) is 11.9. The Labute approximate surface area is 89.7 Å². The van der Waals surface area contributed by atoms with Gasteiger partial charge in [-0.25, -0.2) is 8.78 Å². The molecule has 0 heterocycles. The molecule has 0 fully saturated rings. The highest BCUT2D eigenvalue weighted by atomic mass is 35.5. The summed E-state index contributed by atoms with van der Waals surface area (Å²) < 4.78 is 26.5. The maximum Gasteiger partial charge on any atom is 0.182 e. The summed E-state index contributed by atoms with van der Waals surface area (Å²) in [6.07, 6.45) is 0. The number of hydrogen-bond donors (Lipinski definition) is 2. The number of hydrogen-bond acceptors (Lipinski definition) is 3. The number of Topliss-reactive ketones (excluding diaryl/α,β-unsaturated/α-hetero) is 1. The van der Waals surface area contributed by atoms with Crippen LogP contribution in [0.5, 0.6) is 5.75 Å². The maximum absolute atomic E-state index is 13.3. The van der Waals surface area contributed by atoms with Crippen LogP contribution < -0.4 is 5.32 Å². The molecule has 0 aliphatic carbocycles. The van der Waals surface area contributed by atoms with Gasteiger partial charge in [0.2, 0.25) is 0 Å². The van der Waals surface area contributed by atoms with Crippen LogP contribution in [0, 0.1) is 11.6 Å². The molecular formula is C9H8ClF2NO2. The summed E-state index contributed by atoms with van der Waals surface area (Å²) in [6, 6.07) is 0.605. The molecule has 1 rings (SSSR count). The summed E-state index contributed by atoms with van der Waals surface area (Å²) in [4.78, 5) is 11.3. The van der Waals surface area contributed by atoms with Gasteiger partial charge in [-0.05, 0) is 7.05 Å². The lowest BCUT2D eigenvalue weighted by atomic mass is 10.1. The molecular weight excluding hydrogens is 228 g/mol. The summed E-state index contributed by atoms with van der Waals surface area (Å²) in [5.41, 5.74) is -0.743. The van der Waals surface area contributed by atoms with Gasteiger partial charge in [0, 0.05) is 6.07 Å². The second-order valence-electron chi connectivity index (χ2n) is 2.83. The molecule has 0 unspecified atom stereocenters. The summed E-state index contributed by atoms with van der Waals surface area (Å²) in [5.74, 6) is -3.87. The summed E-state index contributed by atoms with van der Waals surface area (Å²) in [6.45, 7) is -0.213. The highest BCUT2D eigenvalue weighted by Crippen LogP contribution is 2.30. The fourth-order valence-electron chi connectivity index (χ4n) is 1.09. The van der Waals surface area contributed by atoms with E-state index in [1.54, 1.807) is 0 Å². The molecule has 0 amide bonds. The first-order valence-corrected chi connectivity index (χ1v) is 4.41. The lowest BCUT2D eigenvalue weighted by Gasteiger charge is -2.06. The topological polar surface area (TPSA) is 49.3 Å². The molecule has 0 radical (unpaired) electrons. The number of phenolic OH excluding ortho intramolecular Hbond substituents is 1. The minimum Gasteiger partial charge on any atom is -0.506 e. The number of phenols is 1. The normalized spacial score (nSPS) is 10.4. The Balaban J connectivity index is 3.29. The van der Waals surface area contributed by atoms with Crippen molar-refractivity contribution in [1.29, 1.82) is 0 Å². The molecule has 0 bridgehead atoms. The van der Waals surface area contributed by atoms with Crippen LogP contribution in [0.25, 0.3) is 0 Å². The molecule has 0 aliphatic heterocycles. The van der Waals surface area contributed by atoms with Crippen molar-refractivity contribution in [2.75, 3.05) is 13.6 Å². The number of carbonyl (C=O) groups excluding carboxylic acids is 1. The Hall–Kier alpha value is -1.20. The highest BCUT2D eigenvalue weighted by Gasteiger charge is 2.22. The van der Waals surface area contributed by atoms with E-state index in [1.165, 1.54) is 7.05 Å². The van der Waals surface area contributed by atoms with E-state index in [0.29, 0.717) is 6.07 Å². The fraction of sp³-hybridized carbons (Fsp3) is 0.222. The second-order valence-corrected chi connectivity index (χ2v) is 3.21. The number of rotatable bonds is 3. The molecule has 1 aromatic carbocycles. The summed E-state index contributed by atoms with van der Waals surface area (Å²) in [5, 5.41) is 10.8. The van der Waals surface area contributed by atoms with Crippen molar-refractivity contribution in [2.24, 2.45) is 0 Å². The number of likely N-dealkylation sites (N-methyl/N-ethyl adjacent to an activating group) is 1. The van der Waals surface area contributed by atoms with Gasteiger partial charge in [-0.1, -0.05) is 11.6 Å². The van der Waals surface area contributed by atoms with E-state index >= 15 is 0 Å². The van der Waals surface area contributed by atoms with Gasteiger partial charge >= 0.3 is 0 Å². The van der Waals surface area contributed by atoms with E-state index < -0.39 is 33.8 Å². The van der Waals surface area contributed by atoms with Gasteiger partial charge in [-0.15, -0.1) is 0 Å². The maximum atomic E-state index is 13.3. The number of nitrogens with one attached hydrogen (secondary N) is 1. The molecule has 6 heteroatoms. The predicted molar refractivity (Wildman–Crippen MR) is 51.3 cm³/mol. The smallest absolute Gasteiger partial charge is 0.182 e. The largest absolute Gasteiger partial charge is 0.506 e. The molecule has 0 spiro atoms. The average Bonchev–Trinajstić information content (AvgIpc) is 2.15. The van der Waals surface area contributed by atoms with Gasteiger partial charge < -0.3 is 10.4 Å². The van der Waals surface area contributed by atoms with Gasteiger partial charge in [0.1, 0.15) is 16.6 Å². The Morgan fingerprint density at radius 3 is 2.73 bits per heavy atom. The van der Waals surface area contributed by atoms with Gasteiger partial charge in [-0.3, -0.25) is 4.79 Å². The van der Waals surface area contributed by atoms with Crippen molar-refractivity contribution in [3.8, 4) is 5.75 Å². The summed E-state index contributed by atoms with van der Waals surface area (Å²) in [7, 11) is 1.47. The third kappa shape index (κ3) is 2.24. The monoisotopic (exact) mass is 235 g/mol. The quantitative estimate of drug-likeness (QED) is 0.620. The number of halogens is 3. The van der Waals surface area contributed by atoms with Crippen LogP contribution in [-0.2, 0) is 0 Å². The standard InChI is InChI=1S/C9H8ClF2NO2/c1-13-3-6(15)7-4(11)2-5(14)8(10)9(7)12/h2,13-14H,3H2,1H3. The van der Waals surface area contributed by atoms with E-state index in [2.05, 4.69) is 5.32 Å². The molecule has 0 saturated carbocycles. The average molecular weight is 236 g/mol. The Morgan fingerprint density at radius 1 is 1.60 bits per heavy atom. The van der Waals surface area contributed by atoms with Crippen molar-refractivity contribution in [1.82, 2.24) is 5.32 Å². The first-order chi connectivity index (χ1) is 6.99. The van der Waals surface area contributed by atoms with E-state index in [4.69, 9.17) is 16.7 Å². The van der Waals surface area contributed by atoms with Crippen molar-refractivity contribution in [2.45, 2.75) is 0 Å². The van der Waals surface area contributed by atoms with Crippen molar-refractivity contribution < 1.29 is 18.7 Å². The number of benzene rings is 1. The number of carbonyl (C=O) groups is 1. The van der Waals surface area contributed by atoms with E-state index in [0.717, 1.165) is 0 Å². The molecule has 1 aromatic rings. The lowest BCUT2D eigenvalue weighted by molar-refractivity contribution is 0.0985.